The van der Waals surface area contributed by atoms with E-state index in [1.54, 1.807) is 0 Å². The number of carbonyl (C=O) groups is 1. The maximum absolute atomic E-state index is 10.8. The van der Waals surface area contributed by atoms with Gasteiger partial charge in [0.2, 0.25) is 5.89 Å². The van der Waals surface area contributed by atoms with Crippen LogP contribution in [0.4, 0.5) is 0 Å². The van der Waals surface area contributed by atoms with Gasteiger partial charge in [-0.05, 0) is 20.5 Å². The molecule has 1 saturated heterocycles. The molecule has 3 rings (SSSR count). The van der Waals surface area contributed by atoms with Gasteiger partial charge in [-0.3, -0.25) is 9.69 Å². The van der Waals surface area contributed by atoms with Crippen molar-refractivity contribution in [1.29, 1.82) is 0 Å². The molecule has 1 aromatic heterocycles. The summed E-state index contributed by atoms with van der Waals surface area (Å²) >= 11 is 0. The molecule has 1 aliphatic heterocycles. The van der Waals surface area contributed by atoms with Gasteiger partial charge in [0, 0.05) is 19.6 Å². The summed E-state index contributed by atoms with van der Waals surface area (Å²) in [5, 5.41) is 12.9. The Labute approximate surface area is 111 Å². The van der Waals surface area contributed by atoms with Gasteiger partial charge in [0.25, 0.3) is 0 Å². The van der Waals surface area contributed by atoms with Crippen molar-refractivity contribution in [3.05, 3.63) is 11.7 Å². The number of nitrogens with zero attached hydrogens (tertiary/aromatic N) is 4. The number of piperazine rings is 1. The third-order valence-corrected chi connectivity index (χ3v) is 4.03. The van der Waals surface area contributed by atoms with Gasteiger partial charge in [-0.15, -0.1) is 0 Å². The van der Waals surface area contributed by atoms with Crippen molar-refractivity contribution < 1.29 is 14.4 Å². The number of carboxylic acids is 1. The number of hydrogen-bond acceptors (Lipinski definition) is 6. The molecule has 1 aliphatic carbocycles. The Morgan fingerprint density at radius 1 is 1.42 bits per heavy atom. The highest BCUT2D eigenvalue weighted by Crippen LogP contribution is 2.47. The standard InChI is InChI=1S/C12H18N4O3/c1-15-3-4-16(2)9(6-15)10-13-11(19-14-10)7-5-8(7)12(17)18/h7-9H,3-6H2,1-2H3,(H,17,18). The first-order valence-electron chi connectivity index (χ1n) is 6.51. The summed E-state index contributed by atoms with van der Waals surface area (Å²) in [6, 6.07) is 0.123. The van der Waals surface area contributed by atoms with Gasteiger partial charge in [0.05, 0.1) is 17.9 Å². The number of likely N-dealkylation sites (N-methyl/N-ethyl adjacent to an activating group) is 2. The minimum absolute atomic E-state index is 0.0922. The van der Waals surface area contributed by atoms with E-state index in [9.17, 15) is 4.79 Å². The highest BCUT2D eigenvalue weighted by Gasteiger charge is 2.48. The number of rotatable bonds is 3. The first kappa shape index (κ1) is 12.6. The van der Waals surface area contributed by atoms with E-state index in [2.05, 4.69) is 27.0 Å². The van der Waals surface area contributed by atoms with Crippen LogP contribution in [0, 0.1) is 5.92 Å². The van der Waals surface area contributed by atoms with Crippen LogP contribution >= 0.6 is 0 Å². The van der Waals surface area contributed by atoms with Gasteiger partial charge < -0.3 is 14.5 Å². The summed E-state index contributed by atoms with van der Waals surface area (Å²) in [5.41, 5.74) is 0. The van der Waals surface area contributed by atoms with Crippen LogP contribution in [0.25, 0.3) is 0 Å². The lowest BCUT2D eigenvalue weighted by molar-refractivity contribution is -0.138. The van der Waals surface area contributed by atoms with E-state index in [4.69, 9.17) is 9.63 Å². The summed E-state index contributed by atoms with van der Waals surface area (Å²) in [7, 11) is 4.12. The van der Waals surface area contributed by atoms with E-state index < -0.39 is 5.97 Å². The van der Waals surface area contributed by atoms with Gasteiger partial charge in [-0.1, -0.05) is 5.16 Å². The molecule has 3 unspecified atom stereocenters. The van der Waals surface area contributed by atoms with Crippen molar-refractivity contribution in [3.63, 3.8) is 0 Å². The highest BCUT2D eigenvalue weighted by molar-refractivity contribution is 5.74. The fourth-order valence-corrected chi connectivity index (χ4v) is 2.56. The summed E-state index contributed by atoms with van der Waals surface area (Å²) in [4.78, 5) is 19.7. The second-order valence-electron chi connectivity index (χ2n) is 5.54. The van der Waals surface area contributed by atoms with Gasteiger partial charge in [-0.25, -0.2) is 0 Å². The van der Waals surface area contributed by atoms with Gasteiger partial charge in [0.15, 0.2) is 5.82 Å². The lowest BCUT2D eigenvalue weighted by Crippen LogP contribution is -2.45. The van der Waals surface area contributed by atoms with Crippen LogP contribution in [0.1, 0.15) is 30.1 Å². The van der Waals surface area contributed by atoms with E-state index in [0.29, 0.717) is 18.1 Å². The number of aromatic nitrogens is 2. The Kier molecular flexibility index (Phi) is 3.02. The molecule has 1 saturated carbocycles. The molecule has 0 radical (unpaired) electrons. The molecule has 0 spiro atoms. The van der Waals surface area contributed by atoms with Crippen molar-refractivity contribution in [2.75, 3.05) is 33.7 Å². The zero-order chi connectivity index (χ0) is 13.6. The van der Waals surface area contributed by atoms with Crippen LogP contribution in [0.3, 0.4) is 0 Å². The molecule has 7 heteroatoms. The van der Waals surface area contributed by atoms with Crippen molar-refractivity contribution in [3.8, 4) is 0 Å². The zero-order valence-corrected chi connectivity index (χ0v) is 11.1. The molecule has 0 bridgehead atoms. The van der Waals surface area contributed by atoms with Crippen molar-refractivity contribution >= 4 is 5.97 Å². The molecule has 0 aromatic carbocycles. The third-order valence-electron chi connectivity index (χ3n) is 4.03. The average Bonchev–Trinajstić information content (AvgIpc) is 3.04. The normalized spacial score (nSPS) is 32.4. The summed E-state index contributed by atoms with van der Waals surface area (Å²) in [5.74, 6) is -0.0752. The van der Waals surface area contributed by atoms with Gasteiger partial charge in [0.1, 0.15) is 0 Å². The second-order valence-corrected chi connectivity index (χ2v) is 5.54. The van der Waals surface area contributed by atoms with E-state index in [-0.39, 0.29) is 17.9 Å². The summed E-state index contributed by atoms with van der Waals surface area (Å²) in [6.07, 6.45) is 0.609. The molecule has 1 N–H and O–H groups in total. The van der Waals surface area contributed by atoms with E-state index >= 15 is 0 Å². The topological polar surface area (TPSA) is 82.7 Å². The van der Waals surface area contributed by atoms with Crippen molar-refractivity contribution in [2.24, 2.45) is 5.92 Å². The van der Waals surface area contributed by atoms with Crippen LogP contribution < -0.4 is 0 Å². The minimum Gasteiger partial charge on any atom is -0.481 e. The SMILES string of the molecule is CN1CCN(C)C(c2noc(C3CC3C(=O)O)n2)C1. The first-order chi connectivity index (χ1) is 9.06. The lowest BCUT2D eigenvalue weighted by atomic mass is 10.2. The molecule has 2 heterocycles. The fraction of sp³-hybridized carbons (Fsp3) is 0.750. The molecule has 104 valence electrons. The number of carboxylic acid groups (broad SMARTS) is 1. The Balaban J connectivity index is 1.72. The second kappa shape index (κ2) is 4.57. The molecule has 19 heavy (non-hydrogen) atoms. The monoisotopic (exact) mass is 266 g/mol. The maximum atomic E-state index is 10.8. The molecule has 0 amide bonds. The quantitative estimate of drug-likeness (QED) is 0.835. The Hall–Kier alpha value is -1.47. The molecule has 7 nitrogen and oxygen atoms in total. The van der Waals surface area contributed by atoms with Gasteiger partial charge >= 0.3 is 5.97 Å². The highest BCUT2D eigenvalue weighted by atomic mass is 16.5. The maximum Gasteiger partial charge on any atom is 0.307 e. The van der Waals surface area contributed by atoms with Crippen LogP contribution in [-0.4, -0.2) is 64.7 Å². The molecule has 2 fully saturated rings. The zero-order valence-electron chi connectivity index (χ0n) is 11.1. The number of aliphatic carboxylic acids is 1. The first-order valence-corrected chi connectivity index (χ1v) is 6.51. The Bertz CT molecular complexity index is 489. The largest absolute Gasteiger partial charge is 0.481 e. The molecular weight excluding hydrogens is 248 g/mol. The van der Waals surface area contributed by atoms with Crippen LogP contribution in [-0.2, 0) is 4.79 Å². The Morgan fingerprint density at radius 2 is 2.21 bits per heavy atom. The minimum atomic E-state index is -0.778. The smallest absolute Gasteiger partial charge is 0.307 e. The van der Waals surface area contributed by atoms with E-state index in [0.717, 1.165) is 19.6 Å². The predicted octanol–water partition coefficient (Wildman–Crippen LogP) is 0.176. The summed E-state index contributed by atoms with van der Waals surface area (Å²) in [6.45, 7) is 2.86. The van der Waals surface area contributed by atoms with Crippen LogP contribution in [0.5, 0.6) is 0 Å². The van der Waals surface area contributed by atoms with Crippen molar-refractivity contribution in [1.82, 2.24) is 19.9 Å². The average molecular weight is 266 g/mol. The van der Waals surface area contributed by atoms with Crippen LogP contribution in [0.2, 0.25) is 0 Å². The lowest BCUT2D eigenvalue weighted by Gasteiger charge is -2.35. The Morgan fingerprint density at radius 3 is 2.89 bits per heavy atom. The van der Waals surface area contributed by atoms with E-state index in [1.807, 2.05) is 7.05 Å². The molecule has 3 atom stereocenters. The molecular formula is C12H18N4O3. The van der Waals surface area contributed by atoms with E-state index in [1.165, 1.54) is 0 Å². The number of hydrogen-bond donors (Lipinski definition) is 1. The van der Waals surface area contributed by atoms with Crippen LogP contribution in [0.15, 0.2) is 4.52 Å². The van der Waals surface area contributed by atoms with Gasteiger partial charge in [-0.2, -0.15) is 4.98 Å². The van der Waals surface area contributed by atoms with Crippen molar-refractivity contribution in [2.45, 2.75) is 18.4 Å². The molecule has 2 aliphatic rings. The summed E-state index contributed by atoms with van der Waals surface area (Å²) < 4.78 is 5.24. The third kappa shape index (κ3) is 2.35. The fourth-order valence-electron chi connectivity index (χ4n) is 2.56. The predicted molar refractivity (Wildman–Crippen MR) is 65.6 cm³/mol. The molecule has 1 aromatic rings.